The first-order valence-corrected chi connectivity index (χ1v) is 5.74. The van der Waals surface area contributed by atoms with Gasteiger partial charge in [-0.3, -0.25) is 4.90 Å². The summed E-state index contributed by atoms with van der Waals surface area (Å²) in [6.07, 6.45) is 2.46. The zero-order valence-electron chi connectivity index (χ0n) is 9.43. The van der Waals surface area contributed by atoms with Gasteiger partial charge in [-0.05, 0) is 31.8 Å². The van der Waals surface area contributed by atoms with Gasteiger partial charge < -0.3 is 5.32 Å². The molecule has 84 valence electrons. The molecule has 1 rings (SSSR count). The molecule has 1 unspecified atom stereocenters. The Labute approximate surface area is 86.9 Å². The van der Waals surface area contributed by atoms with Crippen LogP contribution in [0.1, 0.15) is 26.7 Å². The maximum atomic E-state index is 12.2. The third-order valence-corrected chi connectivity index (χ3v) is 2.80. The molecule has 0 amide bonds. The minimum absolute atomic E-state index is 0.208. The van der Waals surface area contributed by atoms with E-state index in [-0.39, 0.29) is 6.67 Å². The Bertz CT molecular complexity index is 150. The van der Waals surface area contributed by atoms with Crippen LogP contribution in [0.2, 0.25) is 0 Å². The summed E-state index contributed by atoms with van der Waals surface area (Å²) in [5.74, 6) is 0.700. The van der Waals surface area contributed by atoms with Crippen molar-refractivity contribution in [3.63, 3.8) is 0 Å². The van der Waals surface area contributed by atoms with Gasteiger partial charge in [-0.15, -0.1) is 0 Å². The molecule has 0 aromatic heterocycles. The number of halogens is 1. The molecule has 1 aliphatic rings. The van der Waals surface area contributed by atoms with E-state index in [9.17, 15) is 4.39 Å². The lowest BCUT2D eigenvalue weighted by molar-refractivity contribution is 0.225. The standard InChI is InChI=1S/C11H23FN2/c1-10(2)8-13-9-11-4-3-6-14(11)7-5-12/h10-11,13H,3-9H2,1-2H3. The van der Waals surface area contributed by atoms with Gasteiger partial charge in [0, 0.05) is 19.1 Å². The van der Waals surface area contributed by atoms with Crippen LogP contribution in [0.4, 0.5) is 4.39 Å². The molecule has 3 heteroatoms. The van der Waals surface area contributed by atoms with Crippen LogP contribution in [0.3, 0.4) is 0 Å². The highest BCUT2D eigenvalue weighted by Gasteiger charge is 2.23. The second-order valence-electron chi connectivity index (χ2n) is 4.57. The maximum Gasteiger partial charge on any atom is 0.102 e. The summed E-state index contributed by atoms with van der Waals surface area (Å²) >= 11 is 0. The Morgan fingerprint density at radius 2 is 2.29 bits per heavy atom. The SMILES string of the molecule is CC(C)CNCC1CCCN1CCF. The van der Waals surface area contributed by atoms with Gasteiger partial charge in [0.25, 0.3) is 0 Å². The van der Waals surface area contributed by atoms with E-state index >= 15 is 0 Å². The van der Waals surface area contributed by atoms with Crippen LogP contribution in [0.25, 0.3) is 0 Å². The van der Waals surface area contributed by atoms with Crippen LogP contribution in [0, 0.1) is 5.92 Å². The Kier molecular flexibility index (Phi) is 5.41. The maximum absolute atomic E-state index is 12.2. The number of hydrogen-bond donors (Lipinski definition) is 1. The molecule has 0 aliphatic carbocycles. The monoisotopic (exact) mass is 202 g/mol. The average molecular weight is 202 g/mol. The highest BCUT2D eigenvalue weighted by atomic mass is 19.1. The molecule has 0 spiro atoms. The first-order valence-electron chi connectivity index (χ1n) is 5.74. The average Bonchev–Trinajstić information content (AvgIpc) is 2.53. The van der Waals surface area contributed by atoms with Gasteiger partial charge in [0.1, 0.15) is 6.67 Å². The van der Waals surface area contributed by atoms with E-state index in [1.54, 1.807) is 0 Å². The van der Waals surface area contributed by atoms with Gasteiger partial charge in [0.05, 0.1) is 0 Å². The van der Waals surface area contributed by atoms with Crippen molar-refractivity contribution in [3.05, 3.63) is 0 Å². The molecule has 2 nitrogen and oxygen atoms in total. The topological polar surface area (TPSA) is 15.3 Å². The van der Waals surface area contributed by atoms with E-state index < -0.39 is 0 Å². The summed E-state index contributed by atoms with van der Waals surface area (Å²) in [5, 5.41) is 3.45. The minimum atomic E-state index is -0.208. The normalized spacial score (nSPS) is 23.6. The van der Waals surface area contributed by atoms with Crippen molar-refractivity contribution >= 4 is 0 Å². The van der Waals surface area contributed by atoms with Crippen molar-refractivity contribution in [2.75, 3.05) is 32.9 Å². The lowest BCUT2D eigenvalue weighted by atomic mass is 10.2. The van der Waals surface area contributed by atoms with E-state index in [0.717, 1.165) is 19.6 Å². The molecule has 0 radical (unpaired) electrons. The van der Waals surface area contributed by atoms with Gasteiger partial charge >= 0.3 is 0 Å². The van der Waals surface area contributed by atoms with Crippen molar-refractivity contribution in [2.45, 2.75) is 32.7 Å². The lowest BCUT2D eigenvalue weighted by Gasteiger charge is -2.23. The third-order valence-electron chi connectivity index (χ3n) is 2.80. The van der Waals surface area contributed by atoms with E-state index in [2.05, 4.69) is 24.1 Å². The molecule has 14 heavy (non-hydrogen) atoms. The molecule has 0 aromatic rings. The van der Waals surface area contributed by atoms with Gasteiger partial charge in [0.2, 0.25) is 0 Å². The number of hydrogen-bond acceptors (Lipinski definition) is 2. The van der Waals surface area contributed by atoms with Gasteiger partial charge in [-0.2, -0.15) is 0 Å². The first-order chi connectivity index (χ1) is 6.74. The van der Waals surface area contributed by atoms with Crippen LogP contribution in [-0.2, 0) is 0 Å². The molecule has 1 atom stereocenters. The Morgan fingerprint density at radius 1 is 1.50 bits per heavy atom. The third kappa shape index (κ3) is 3.93. The fourth-order valence-corrected chi connectivity index (χ4v) is 2.07. The summed E-state index contributed by atoms with van der Waals surface area (Å²) in [6, 6.07) is 0.574. The molecular weight excluding hydrogens is 179 g/mol. The summed E-state index contributed by atoms with van der Waals surface area (Å²) in [4.78, 5) is 2.27. The van der Waals surface area contributed by atoms with Crippen LogP contribution in [0.15, 0.2) is 0 Å². The van der Waals surface area contributed by atoms with Gasteiger partial charge in [-0.25, -0.2) is 4.39 Å². The summed E-state index contributed by atoms with van der Waals surface area (Å²) in [6.45, 7) is 8.01. The van der Waals surface area contributed by atoms with Gasteiger partial charge in [-0.1, -0.05) is 13.8 Å². The second-order valence-corrected chi connectivity index (χ2v) is 4.57. The van der Waals surface area contributed by atoms with Gasteiger partial charge in [0.15, 0.2) is 0 Å². The number of alkyl halides is 1. The zero-order valence-corrected chi connectivity index (χ0v) is 9.43. The lowest BCUT2D eigenvalue weighted by Crippen LogP contribution is -2.39. The van der Waals surface area contributed by atoms with Crippen LogP contribution in [-0.4, -0.2) is 43.8 Å². The molecule has 0 saturated carbocycles. The minimum Gasteiger partial charge on any atom is -0.315 e. The largest absolute Gasteiger partial charge is 0.315 e. The Balaban J connectivity index is 2.15. The van der Waals surface area contributed by atoms with Crippen LogP contribution < -0.4 is 5.32 Å². The smallest absolute Gasteiger partial charge is 0.102 e. The Morgan fingerprint density at radius 3 is 2.93 bits per heavy atom. The number of nitrogens with one attached hydrogen (secondary N) is 1. The molecule has 1 fully saturated rings. The predicted octanol–water partition coefficient (Wildman–Crippen LogP) is 1.67. The molecule has 0 bridgehead atoms. The fraction of sp³-hybridized carbons (Fsp3) is 1.00. The zero-order chi connectivity index (χ0) is 10.4. The Hall–Kier alpha value is -0.150. The summed E-state index contributed by atoms with van der Waals surface area (Å²) in [7, 11) is 0. The van der Waals surface area contributed by atoms with Crippen molar-refractivity contribution < 1.29 is 4.39 Å². The van der Waals surface area contributed by atoms with Crippen molar-refractivity contribution in [3.8, 4) is 0 Å². The van der Waals surface area contributed by atoms with Crippen LogP contribution in [0.5, 0.6) is 0 Å². The van der Waals surface area contributed by atoms with E-state index in [1.807, 2.05) is 0 Å². The number of nitrogens with zero attached hydrogens (tertiary/aromatic N) is 1. The van der Waals surface area contributed by atoms with Crippen molar-refractivity contribution in [2.24, 2.45) is 5.92 Å². The second kappa shape index (κ2) is 6.36. The number of likely N-dealkylation sites (tertiary alicyclic amines) is 1. The highest BCUT2D eigenvalue weighted by molar-refractivity contribution is 4.80. The highest BCUT2D eigenvalue weighted by Crippen LogP contribution is 2.15. The molecule has 1 heterocycles. The van der Waals surface area contributed by atoms with E-state index in [0.29, 0.717) is 18.5 Å². The molecular formula is C11H23FN2. The van der Waals surface area contributed by atoms with Crippen LogP contribution >= 0.6 is 0 Å². The molecule has 1 aliphatic heterocycles. The molecule has 1 saturated heterocycles. The van der Waals surface area contributed by atoms with E-state index in [4.69, 9.17) is 0 Å². The van der Waals surface area contributed by atoms with Crippen molar-refractivity contribution in [1.82, 2.24) is 10.2 Å². The molecule has 1 N–H and O–H groups in total. The first kappa shape index (κ1) is 11.9. The summed E-state index contributed by atoms with van der Waals surface area (Å²) < 4.78 is 12.2. The fourth-order valence-electron chi connectivity index (χ4n) is 2.07. The number of rotatable bonds is 6. The quantitative estimate of drug-likeness (QED) is 0.705. The molecule has 0 aromatic carbocycles. The van der Waals surface area contributed by atoms with E-state index in [1.165, 1.54) is 12.8 Å². The summed E-state index contributed by atoms with van der Waals surface area (Å²) in [5.41, 5.74) is 0. The van der Waals surface area contributed by atoms with Crippen molar-refractivity contribution in [1.29, 1.82) is 0 Å². The predicted molar refractivity (Wildman–Crippen MR) is 58.3 cm³/mol.